The van der Waals surface area contributed by atoms with Gasteiger partial charge in [-0.05, 0) is 19.1 Å². The van der Waals surface area contributed by atoms with Crippen LogP contribution in [0.1, 0.15) is 21.1 Å². The van der Waals surface area contributed by atoms with Crippen molar-refractivity contribution in [2.45, 2.75) is 26.4 Å². The van der Waals surface area contributed by atoms with Gasteiger partial charge in [0.05, 0.1) is 36.4 Å². The van der Waals surface area contributed by atoms with Crippen molar-refractivity contribution in [2.75, 3.05) is 13.7 Å². The average Bonchev–Trinajstić information content (AvgIpc) is 2.84. The Labute approximate surface area is 129 Å². The first-order chi connectivity index (χ1) is 10.2. The number of ether oxygens (including phenoxy) is 2. The van der Waals surface area contributed by atoms with Crippen LogP contribution in [0.15, 0.2) is 24.3 Å². The molecule has 0 fully saturated rings. The summed E-state index contributed by atoms with van der Waals surface area (Å²) in [4.78, 5) is 5.52. The number of thiazole rings is 1. The molecule has 0 radical (unpaired) electrons. The van der Waals surface area contributed by atoms with Crippen LogP contribution < -0.4 is 4.74 Å². The van der Waals surface area contributed by atoms with Crippen LogP contribution in [-0.2, 0) is 24.2 Å². The van der Waals surface area contributed by atoms with E-state index in [-0.39, 0.29) is 0 Å². The van der Waals surface area contributed by atoms with Gasteiger partial charge in [0.25, 0.3) is 0 Å². The van der Waals surface area contributed by atoms with Gasteiger partial charge < -0.3 is 9.47 Å². The first kappa shape index (κ1) is 15.5. The van der Waals surface area contributed by atoms with Crippen molar-refractivity contribution in [3.05, 3.63) is 45.4 Å². The molecule has 0 saturated carbocycles. The van der Waals surface area contributed by atoms with Crippen LogP contribution in [0.2, 0.25) is 0 Å². The number of aryl methyl sites for hydroxylation is 1. The molecule has 0 spiro atoms. The van der Waals surface area contributed by atoms with Gasteiger partial charge in [-0.15, -0.1) is 11.3 Å². The summed E-state index contributed by atoms with van der Waals surface area (Å²) in [7, 11) is 1.63. The van der Waals surface area contributed by atoms with Gasteiger partial charge in [-0.3, -0.25) is 0 Å². The van der Waals surface area contributed by atoms with Crippen LogP contribution in [0, 0.1) is 18.3 Å². The average molecular weight is 302 g/mol. The Morgan fingerprint density at radius 1 is 1.29 bits per heavy atom. The van der Waals surface area contributed by atoms with Crippen LogP contribution in [0.5, 0.6) is 5.75 Å². The summed E-state index contributed by atoms with van der Waals surface area (Å²) in [6.45, 7) is 3.08. The maximum Gasteiger partial charge on any atom is 0.119 e. The van der Waals surface area contributed by atoms with Crippen molar-refractivity contribution in [2.24, 2.45) is 0 Å². The maximum absolute atomic E-state index is 8.83. The predicted molar refractivity (Wildman–Crippen MR) is 82.5 cm³/mol. The van der Waals surface area contributed by atoms with Gasteiger partial charge in [0.2, 0.25) is 0 Å². The van der Waals surface area contributed by atoms with Crippen LogP contribution >= 0.6 is 11.3 Å². The molecule has 0 aliphatic heterocycles. The van der Waals surface area contributed by atoms with Gasteiger partial charge in [0.1, 0.15) is 5.75 Å². The van der Waals surface area contributed by atoms with E-state index in [4.69, 9.17) is 14.7 Å². The summed E-state index contributed by atoms with van der Waals surface area (Å²) in [5.41, 5.74) is 2.09. The van der Waals surface area contributed by atoms with Gasteiger partial charge in [-0.1, -0.05) is 17.7 Å². The Morgan fingerprint density at radius 3 is 2.71 bits per heavy atom. The van der Waals surface area contributed by atoms with Gasteiger partial charge in [-0.25, -0.2) is 4.98 Å². The second-order valence-corrected chi connectivity index (χ2v) is 5.83. The molecule has 21 heavy (non-hydrogen) atoms. The van der Waals surface area contributed by atoms with Crippen LogP contribution in [0.25, 0.3) is 0 Å². The Hall–Kier alpha value is -1.90. The normalized spacial score (nSPS) is 10.3. The highest BCUT2D eigenvalue weighted by Crippen LogP contribution is 2.21. The Morgan fingerprint density at radius 2 is 2.05 bits per heavy atom. The molecule has 1 heterocycles. The number of nitriles is 1. The van der Waals surface area contributed by atoms with E-state index in [0.717, 1.165) is 27.7 Å². The van der Waals surface area contributed by atoms with Crippen molar-refractivity contribution in [3.8, 4) is 11.8 Å². The fourth-order valence-electron chi connectivity index (χ4n) is 1.89. The Balaban J connectivity index is 1.92. The Bertz CT molecular complexity index is 614. The number of hydrogen-bond acceptors (Lipinski definition) is 5. The lowest BCUT2D eigenvalue weighted by atomic mass is 10.2. The number of nitrogens with zero attached hydrogens (tertiary/aromatic N) is 2. The predicted octanol–water partition coefficient (Wildman–Crippen LogP) is 3.29. The van der Waals surface area contributed by atoms with Crippen molar-refractivity contribution in [1.82, 2.24) is 4.98 Å². The third kappa shape index (κ3) is 4.55. The highest BCUT2D eigenvalue weighted by Gasteiger charge is 2.10. The topological polar surface area (TPSA) is 55.1 Å². The van der Waals surface area contributed by atoms with E-state index in [2.05, 4.69) is 11.1 Å². The van der Waals surface area contributed by atoms with E-state index in [1.54, 1.807) is 18.4 Å². The summed E-state index contributed by atoms with van der Waals surface area (Å²) in [6, 6.07) is 10.2. The SMILES string of the molecule is COCc1nc(CCOc2ccc(C)cc2)sc1CC#N. The second kappa shape index (κ2) is 7.77. The smallest absolute Gasteiger partial charge is 0.119 e. The zero-order valence-electron chi connectivity index (χ0n) is 12.3. The number of rotatable bonds is 7. The van der Waals surface area contributed by atoms with E-state index < -0.39 is 0 Å². The fourth-order valence-corrected chi connectivity index (χ4v) is 2.88. The van der Waals surface area contributed by atoms with Gasteiger partial charge in [-0.2, -0.15) is 5.26 Å². The lowest BCUT2D eigenvalue weighted by Gasteiger charge is -2.04. The summed E-state index contributed by atoms with van der Waals surface area (Å²) in [5.74, 6) is 0.867. The molecular weight excluding hydrogens is 284 g/mol. The van der Waals surface area contributed by atoms with Crippen molar-refractivity contribution in [1.29, 1.82) is 5.26 Å². The molecule has 110 valence electrons. The van der Waals surface area contributed by atoms with Crippen LogP contribution in [0.3, 0.4) is 0 Å². The summed E-state index contributed by atoms with van der Waals surface area (Å²) in [6.07, 6.45) is 1.12. The van der Waals surface area contributed by atoms with E-state index in [0.29, 0.717) is 19.6 Å². The molecule has 1 aromatic heterocycles. The highest BCUT2D eigenvalue weighted by molar-refractivity contribution is 7.11. The van der Waals surface area contributed by atoms with E-state index in [1.165, 1.54) is 5.56 Å². The molecule has 0 unspecified atom stereocenters. The van der Waals surface area contributed by atoms with Crippen molar-refractivity contribution in [3.63, 3.8) is 0 Å². The number of hydrogen-bond donors (Lipinski definition) is 0. The molecule has 0 aliphatic rings. The molecule has 2 aromatic rings. The third-order valence-electron chi connectivity index (χ3n) is 2.95. The van der Waals surface area contributed by atoms with Gasteiger partial charge in [0, 0.05) is 18.4 Å². The minimum atomic E-state index is 0.384. The molecule has 2 rings (SSSR count). The minimum absolute atomic E-state index is 0.384. The maximum atomic E-state index is 8.83. The van der Waals surface area contributed by atoms with Crippen molar-refractivity contribution >= 4 is 11.3 Å². The largest absolute Gasteiger partial charge is 0.493 e. The summed E-state index contributed by atoms with van der Waals surface area (Å²) in [5, 5.41) is 9.82. The number of methoxy groups -OCH3 is 1. The number of benzene rings is 1. The molecule has 4 nitrogen and oxygen atoms in total. The van der Waals surface area contributed by atoms with Crippen molar-refractivity contribution < 1.29 is 9.47 Å². The summed E-state index contributed by atoms with van der Waals surface area (Å²) < 4.78 is 10.8. The molecular formula is C16H18N2O2S. The minimum Gasteiger partial charge on any atom is -0.493 e. The molecule has 0 aliphatic carbocycles. The zero-order chi connectivity index (χ0) is 15.1. The molecule has 1 aromatic carbocycles. The van der Waals surface area contributed by atoms with Gasteiger partial charge >= 0.3 is 0 Å². The first-order valence-electron chi connectivity index (χ1n) is 6.75. The second-order valence-electron chi connectivity index (χ2n) is 4.66. The first-order valence-corrected chi connectivity index (χ1v) is 7.57. The number of aromatic nitrogens is 1. The van der Waals surface area contributed by atoms with Crippen LogP contribution in [-0.4, -0.2) is 18.7 Å². The molecule has 5 heteroatoms. The van der Waals surface area contributed by atoms with Gasteiger partial charge in [0.15, 0.2) is 0 Å². The molecule has 0 amide bonds. The quantitative estimate of drug-likeness (QED) is 0.787. The zero-order valence-corrected chi connectivity index (χ0v) is 13.1. The lowest BCUT2D eigenvalue weighted by molar-refractivity contribution is 0.181. The molecule has 0 saturated heterocycles. The fraction of sp³-hybridized carbons (Fsp3) is 0.375. The van der Waals surface area contributed by atoms with E-state index in [9.17, 15) is 0 Å². The highest BCUT2D eigenvalue weighted by atomic mass is 32.1. The summed E-state index contributed by atoms with van der Waals surface area (Å²) >= 11 is 1.57. The third-order valence-corrected chi connectivity index (χ3v) is 4.11. The lowest BCUT2D eigenvalue weighted by Crippen LogP contribution is -2.01. The molecule has 0 atom stereocenters. The van der Waals surface area contributed by atoms with E-state index in [1.807, 2.05) is 31.2 Å². The Kier molecular flexibility index (Phi) is 5.73. The monoisotopic (exact) mass is 302 g/mol. The molecule has 0 N–H and O–H groups in total. The van der Waals surface area contributed by atoms with Crippen LogP contribution in [0.4, 0.5) is 0 Å². The van der Waals surface area contributed by atoms with E-state index >= 15 is 0 Å². The molecule has 0 bridgehead atoms. The standard InChI is InChI=1S/C16H18N2O2S/c1-12-3-5-13(6-4-12)20-10-8-16-18-14(11-19-2)15(21-16)7-9-17/h3-6H,7-8,10-11H2,1-2H3.